The minimum absolute atomic E-state index is 0.0350. The van der Waals surface area contributed by atoms with Crippen molar-refractivity contribution in [3.05, 3.63) is 65.2 Å². The molecular formula is C26H36N2O3. The van der Waals surface area contributed by atoms with Crippen LogP contribution in [-0.2, 0) is 16.1 Å². The van der Waals surface area contributed by atoms with Gasteiger partial charge < -0.3 is 15.0 Å². The van der Waals surface area contributed by atoms with Gasteiger partial charge in [-0.15, -0.1) is 0 Å². The molecule has 2 aromatic rings. The van der Waals surface area contributed by atoms with Gasteiger partial charge in [0.15, 0.2) is 0 Å². The van der Waals surface area contributed by atoms with Crippen LogP contribution in [0.2, 0.25) is 0 Å². The van der Waals surface area contributed by atoms with Crippen molar-refractivity contribution in [2.75, 3.05) is 13.2 Å². The van der Waals surface area contributed by atoms with E-state index in [0.29, 0.717) is 32.5 Å². The number of ether oxygens (including phenoxy) is 1. The van der Waals surface area contributed by atoms with Crippen molar-refractivity contribution in [2.24, 2.45) is 0 Å². The smallest absolute Gasteiger partial charge is 0.242 e. The summed E-state index contributed by atoms with van der Waals surface area (Å²) in [6, 6.07) is 15.4. The molecule has 2 rings (SSSR count). The second-order valence-corrected chi connectivity index (χ2v) is 8.10. The molecule has 0 bridgehead atoms. The highest BCUT2D eigenvalue weighted by Crippen LogP contribution is 2.15. The summed E-state index contributed by atoms with van der Waals surface area (Å²) >= 11 is 0. The van der Waals surface area contributed by atoms with Crippen LogP contribution < -0.4 is 10.1 Å². The van der Waals surface area contributed by atoms with E-state index in [1.54, 1.807) is 11.8 Å². The van der Waals surface area contributed by atoms with E-state index in [-0.39, 0.29) is 11.8 Å². The fraction of sp³-hybridized carbons (Fsp3) is 0.462. The van der Waals surface area contributed by atoms with E-state index in [9.17, 15) is 9.59 Å². The van der Waals surface area contributed by atoms with E-state index in [4.69, 9.17) is 4.74 Å². The molecule has 168 valence electrons. The van der Waals surface area contributed by atoms with Crippen LogP contribution in [0.4, 0.5) is 0 Å². The first-order valence-electron chi connectivity index (χ1n) is 11.2. The number of nitrogens with one attached hydrogen (secondary N) is 1. The van der Waals surface area contributed by atoms with Crippen LogP contribution in [0.1, 0.15) is 56.2 Å². The largest absolute Gasteiger partial charge is 0.494 e. The lowest BCUT2D eigenvalue weighted by molar-refractivity contribution is -0.140. The average molecular weight is 425 g/mol. The molecule has 0 aliphatic rings. The van der Waals surface area contributed by atoms with Crippen molar-refractivity contribution in [3.8, 4) is 5.75 Å². The number of hydrogen-bond donors (Lipinski definition) is 1. The van der Waals surface area contributed by atoms with Gasteiger partial charge in [-0.05, 0) is 51.3 Å². The van der Waals surface area contributed by atoms with Gasteiger partial charge in [-0.3, -0.25) is 9.59 Å². The molecule has 0 saturated heterocycles. The molecule has 0 unspecified atom stereocenters. The zero-order valence-corrected chi connectivity index (χ0v) is 19.3. The molecule has 2 aromatic carbocycles. The molecule has 1 N–H and O–H groups in total. The average Bonchev–Trinajstić information content (AvgIpc) is 2.76. The Hall–Kier alpha value is -2.82. The normalized spacial score (nSPS) is 11.6. The van der Waals surface area contributed by atoms with Gasteiger partial charge in [-0.1, -0.05) is 60.9 Å². The third-order valence-electron chi connectivity index (χ3n) is 5.26. The van der Waals surface area contributed by atoms with Crippen LogP contribution in [-0.4, -0.2) is 35.9 Å². The number of rotatable bonds is 12. The van der Waals surface area contributed by atoms with Gasteiger partial charge in [0, 0.05) is 19.5 Å². The summed E-state index contributed by atoms with van der Waals surface area (Å²) in [4.78, 5) is 27.4. The predicted molar refractivity (Wildman–Crippen MR) is 125 cm³/mol. The Morgan fingerprint density at radius 3 is 2.45 bits per heavy atom. The first-order chi connectivity index (χ1) is 14.9. The molecule has 5 nitrogen and oxygen atoms in total. The highest BCUT2D eigenvalue weighted by molar-refractivity contribution is 5.87. The second kappa shape index (κ2) is 12.8. The summed E-state index contributed by atoms with van der Waals surface area (Å²) in [6.45, 7) is 9.46. The maximum atomic E-state index is 13.1. The molecule has 0 spiro atoms. The molecule has 0 aromatic heterocycles. The van der Waals surface area contributed by atoms with Crippen LogP contribution in [0.25, 0.3) is 0 Å². The quantitative estimate of drug-likeness (QED) is 0.498. The Balaban J connectivity index is 1.97. The van der Waals surface area contributed by atoms with Crippen molar-refractivity contribution in [1.82, 2.24) is 10.2 Å². The van der Waals surface area contributed by atoms with Crippen molar-refractivity contribution in [2.45, 2.75) is 66.0 Å². The fourth-order valence-corrected chi connectivity index (χ4v) is 3.32. The minimum Gasteiger partial charge on any atom is -0.494 e. The highest BCUT2D eigenvalue weighted by atomic mass is 16.5. The molecular weight excluding hydrogens is 388 g/mol. The van der Waals surface area contributed by atoms with Gasteiger partial charge in [-0.25, -0.2) is 0 Å². The molecule has 0 heterocycles. The Kier molecular flexibility index (Phi) is 10.1. The van der Waals surface area contributed by atoms with Gasteiger partial charge in [0.05, 0.1) is 6.61 Å². The zero-order chi connectivity index (χ0) is 22.6. The molecule has 2 amide bonds. The van der Waals surface area contributed by atoms with Crippen molar-refractivity contribution in [3.63, 3.8) is 0 Å². The third kappa shape index (κ3) is 8.44. The van der Waals surface area contributed by atoms with Crippen molar-refractivity contribution < 1.29 is 14.3 Å². The predicted octanol–water partition coefficient (Wildman–Crippen LogP) is 4.80. The van der Waals surface area contributed by atoms with E-state index in [2.05, 4.69) is 18.3 Å². The lowest BCUT2D eigenvalue weighted by Gasteiger charge is -2.29. The summed E-state index contributed by atoms with van der Waals surface area (Å²) in [5.41, 5.74) is 3.34. The SMILES string of the molecule is CCCCNC(=O)[C@@H](C)N(Cc1cccc(C)c1)C(=O)CCCOc1ccc(C)cc1. The van der Waals surface area contributed by atoms with E-state index in [1.807, 2.05) is 56.3 Å². The number of aryl methyl sites for hydroxylation is 2. The molecule has 31 heavy (non-hydrogen) atoms. The topological polar surface area (TPSA) is 58.6 Å². The minimum atomic E-state index is -0.525. The fourth-order valence-electron chi connectivity index (χ4n) is 3.32. The summed E-state index contributed by atoms with van der Waals surface area (Å²) in [5, 5.41) is 2.95. The molecule has 0 aliphatic carbocycles. The zero-order valence-electron chi connectivity index (χ0n) is 19.3. The van der Waals surface area contributed by atoms with E-state index in [1.165, 1.54) is 5.56 Å². The lowest BCUT2D eigenvalue weighted by atomic mass is 10.1. The summed E-state index contributed by atoms with van der Waals surface area (Å²) < 4.78 is 5.75. The van der Waals surface area contributed by atoms with E-state index < -0.39 is 6.04 Å². The Morgan fingerprint density at radius 2 is 1.77 bits per heavy atom. The molecule has 0 saturated carbocycles. The van der Waals surface area contributed by atoms with Crippen LogP contribution in [0.3, 0.4) is 0 Å². The first-order valence-corrected chi connectivity index (χ1v) is 11.2. The van der Waals surface area contributed by atoms with E-state index >= 15 is 0 Å². The van der Waals surface area contributed by atoms with Gasteiger partial charge in [0.1, 0.15) is 11.8 Å². The van der Waals surface area contributed by atoms with Crippen LogP contribution in [0.5, 0.6) is 5.75 Å². The molecule has 1 atom stereocenters. The lowest BCUT2D eigenvalue weighted by Crippen LogP contribution is -2.47. The number of amides is 2. The monoisotopic (exact) mass is 424 g/mol. The number of hydrogen-bond acceptors (Lipinski definition) is 3. The number of unbranched alkanes of at least 4 members (excludes halogenated alkanes) is 1. The Bertz CT molecular complexity index is 833. The van der Waals surface area contributed by atoms with Crippen LogP contribution in [0.15, 0.2) is 48.5 Å². The van der Waals surface area contributed by atoms with Gasteiger partial charge in [-0.2, -0.15) is 0 Å². The third-order valence-corrected chi connectivity index (χ3v) is 5.26. The molecule has 0 radical (unpaired) electrons. The standard InChI is InChI=1S/C26H36N2O3/c1-5-6-16-27-26(30)22(4)28(19-23-10-7-9-21(3)18-23)25(29)11-8-17-31-24-14-12-20(2)13-15-24/h7,9-10,12-15,18,22H,5-6,8,11,16-17,19H2,1-4H3,(H,27,30)/t22-/m1/s1. The van der Waals surface area contributed by atoms with Crippen LogP contribution in [0, 0.1) is 13.8 Å². The number of nitrogens with zero attached hydrogens (tertiary/aromatic N) is 1. The molecule has 0 fully saturated rings. The Morgan fingerprint density at radius 1 is 1.03 bits per heavy atom. The second-order valence-electron chi connectivity index (χ2n) is 8.10. The maximum absolute atomic E-state index is 13.1. The van der Waals surface area contributed by atoms with Crippen LogP contribution >= 0.6 is 0 Å². The van der Waals surface area contributed by atoms with Gasteiger partial charge in [0.25, 0.3) is 0 Å². The van der Waals surface area contributed by atoms with Gasteiger partial charge in [0.2, 0.25) is 11.8 Å². The van der Waals surface area contributed by atoms with Crippen molar-refractivity contribution in [1.29, 1.82) is 0 Å². The molecule has 5 heteroatoms. The number of carbonyl (C=O) groups is 2. The Labute approximate surface area is 186 Å². The molecule has 0 aliphatic heterocycles. The van der Waals surface area contributed by atoms with E-state index in [0.717, 1.165) is 29.7 Å². The summed E-state index contributed by atoms with van der Waals surface area (Å²) in [5.74, 6) is 0.663. The maximum Gasteiger partial charge on any atom is 0.242 e. The summed E-state index contributed by atoms with van der Waals surface area (Å²) in [6.07, 6.45) is 2.88. The highest BCUT2D eigenvalue weighted by Gasteiger charge is 2.25. The summed E-state index contributed by atoms with van der Waals surface area (Å²) in [7, 11) is 0. The van der Waals surface area contributed by atoms with Gasteiger partial charge >= 0.3 is 0 Å². The first kappa shape index (κ1) is 24.4. The number of benzene rings is 2. The number of carbonyl (C=O) groups excluding carboxylic acids is 2. The van der Waals surface area contributed by atoms with Crippen molar-refractivity contribution >= 4 is 11.8 Å².